The van der Waals surface area contributed by atoms with E-state index in [4.69, 9.17) is 4.74 Å². The molecule has 0 saturated carbocycles. The maximum atomic E-state index is 5.34. The summed E-state index contributed by atoms with van der Waals surface area (Å²) in [6, 6.07) is 13.9. The predicted molar refractivity (Wildman–Crippen MR) is 71.5 cm³/mol. The van der Waals surface area contributed by atoms with Gasteiger partial charge in [0.2, 0.25) is 0 Å². The molecule has 0 unspecified atom stereocenters. The largest absolute Gasteiger partial charge is 0.494 e. The number of methoxy groups -OCH3 is 1. The highest BCUT2D eigenvalue weighted by Crippen LogP contribution is 2.26. The lowest BCUT2D eigenvalue weighted by molar-refractivity contribution is 0.419. The van der Waals surface area contributed by atoms with Crippen molar-refractivity contribution in [2.75, 3.05) is 7.11 Å². The number of nitrogens with zero attached hydrogens (tertiary/aromatic N) is 2. The van der Waals surface area contributed by atoms with Crippen LogP contribution in [0, 0.1) is 0 Å². The zero-order valence-electron chi connectivity index (χ0n) is 10.00. The minimum absolute atomic E-state index is 0.790. The lowest BCUT2D eigenvalue weighted by atomic mass is 10.1. The second kappa shape index (κ2) is 4.45. The van der Waals surface area contributed by atoms with Gasteiger partial charge in [0.1, 0.15) is 11.3 Å². The summed E-state index contributed by atoms with van der Waals surface area (Å²) in [4.78, 5) is 8.76. The minimum atomic E-state index is 0.790. The van der Waals surface area contributed by atoms with Crippen LogP contribution in [0.25, 0.3) is 22.2 Å². The zero-order valence-corrected chi connectivity index (χ0v) is 10.00. The smallest absolute Gasteiger partial charge is 0.145 e. The number of pyridine rings is 2. The van der Waals surface area contributed by atoms with Gasteiger partial charge in [-0.25, -0.2) is 4.98 Å². The molecule has 0 radical (unpaired) electrons. The first-order valence-corrected chi connectivity index (χ1v) is 5.72. The summed E-state index contributed by atoms with van der Waals surface area (Å²) in [6.07, 6.45) is 3.56. The Morgan fingerprint density at radius 1 is 1.00 bits per heavy atom. The van der Waals surface area contributed by atoms with Crippen molar-refractivity contribution in [1.29, 1.82) is 0 Å². The molecule has 0 aliphatic carbocycles. The van der Waals surface area contributed by atoms with Gasteiger partial charge in [-0.1, -0.05) is 18.2 Å². The Morgan fingerprint density at radius 2 is 1.94 bits per heavy atom. The van der Waals surface area contributed by atoms with Gasteiger partial charge in [0.05, 0.1) is 12.8 Å². The van der Waals surface area contributed by atoms with Crippen molar-refractivity contribution in [3.8, 4) is 17.0 Å². The second-order valence-corrected chi connectivity index (χ2v) is 3.97. The van der Waals surface area contributed by atoms with Crippen LogP contribution in [0.4, 0.5) is 0 Å². The molecule has 0 N–H and O–H groups in total. The van der Waals surface area contributed by atoms with E-state index in [-0.39, 0.29) is 0 Å². The normalized spacial score (nSPS) is 10.5. The van der Waals surface area contributed by atoms with E-state index in [1.165, 1.54) is 0 Å². The average Bonchev–Trinajstić information content (AvgIpc) is 2.47. The summed E-state index contributed by atoms with van der Waals surface area (Å²) in [5.41, 5.74) is 2.78. The molecule has 0 amide bonds. The molecule has 18 heavy (non-hydrogen) atoms. The fourth-order valence-corrected chi connectivity index (χ4v) is 1.96. The van der Waals surface area contributed by atoms with E-state index in [0.717, 1.165) is 27.9 Å². The maximum absolute atomic E-state index is 5.34. The lowest BCUT2D eigenvalue weighted by Gasteiger charge is -2.06. The van der Waals surface area contributed by atoms with Gasteiger partial charge in [0.25, 0.3) is 0 Å². The summed E-state index contributed by atoms with van der Waals surface area (Å²) >= 11 is 0. The third kappa shape index (κ3) is 1.80. The molecule has 1 aromatic carbocycles. The minimum Gasteiger partial charge on any atom is -0.494 e. The van der Waals surface area contributed by atoms with Crippen molar-refractivity contribution in [2.45, 2.75) is 0 Å². The summed E-state index contributed by atoms with van der Waals surface area (Å²) in [5, 5.41) is 1.07. The monoisotopic (exact) mass is 236 g/mol. The van der Waals surface area contributed by atoms with Crippen LogP contribution in [-0.4, -0.2) is 17.1 Å². The predicted octanol–water partition coefficient (Wildman–Crippen LogP) is 3.31. The van der Waals surface area contributed by atoms with Gasteiger partial charge in [-0.3, -0.25) is 4.98 Å². The summed E-state index contributed by atoms with van der Waals surface area (Å²) in [6.45, 7) is 0. The fraction of sp³-hybridized carbons (Fsp3) is 0.0667. The highest BCUT2D eigenvalue weighted by Gasteiger charge is 2.05. The number of hydrogen-bond donors (Lipinski definition) is 0. The number of fused-ring (bicyclic) bond motifs is 1. The fourth-order valence-electron chi connectivity index (χ4n) is 1.96. The molecule has 88 valence electrons. The van der Waals surface area contributed by atoms with Gasteiger partial charge in [0.15, 0.2) is 0 Å². The molecule has 0 fully saturated rings. The van der Waals surface area contributed by atoms with Gasteiger partial charge >= 0.3 is 0 Å². The molecule has 0 spiro atoms. The number of para-hydroxylation sites is 1. The lowest BCUT2D eigenvalue weighted by Crippen LogP contribution is -1.90. The maximum Gasteiger partial charge on any atom is 0.145 e. The summed E-state index contributed by atoms with van der Waals surface area (Å²) in [5.74, 6) is 0.790. The molecular weight excluding hydrogens is 224 g/mol. The first-order valence-electron chi connectivity index (χ1n) is 5.72. The van der Waals surface area contributed by atoms with Gasteiger partial charge in [0, 0.05) is 23.3 Å². The van der Waals surface area contributed by atoms with E-state index in [2.05, 4.69) is 9.97 Å². The molecule has 0 atom stereocenters. The van der Waals surface area contributed by atoms with Crippen molar-refractivity contribution < 1.29 is 4.74 Å². The van der Waals surface area contributed by atoms with Gasteiger partial charge in [-0.2, -0.15) is 0 Å². The van der Waals surface area contributed by atoms with Crippen LogP contribution < -0.4 is 4.74 Å². The van der Waals surface area contributed by atoms with E-state index >= 15 is 0 Å². The summed E-state index contributed by atoms with van der Waals surface area (Å²) in [7, 11) is 1.66. The third-order valence-corrected chi connectivity index (χ3v) is 2.86. The molecule has 3 nitrogen and oxygen atoms in total. The van der Waals surface area contributed by atoms with Gasteiger partial charge in [-0.05, 0) is 24.3 Å². The molecule has 3 rings (SSSR count). The average molecular weight is 236 g/mol. The molecule has 3 aromatic rings. The Balaban J connectivity index is 2.22. The summed E-state index contributed by atoms with van der Waals surface area (Å²) < 4.78 is 5.34. The molecular formula is C15H12N2O. The van der Waals surface area contributed by atoms with E-state index in [1.807, 2.05) is 48.7 Å². The standard InChI is InChI=1S/C15H12N2O/c1-18-14-6-2-4-11-7-8-13(17-15(11)14)12-5-3-9-16-10-12/h2-10H,1H3. The molecule has 2 aromatic heterocycles. The van der Waals surface area contributed by atoms with E-state index in [1.54, 1.807) is 13.3 Å². The Morgan fingerprint density at radius 3 is 2.72 bits per heavy atom. The van der Waals surface area contributed by atoms with Crippen molar-refractivity contribution in [2.24, 2.45) is 0 Å². The quantitative estimate of drug-likeness (QED) is 0.684. The molecule has 0 aliphatic heterocycles. The topological polar surface area (TPSA) is 35.0 Å². The van der Waals surface area contributed by atoms with Crippen LogP contribution >= 0.6 is 0 Å². The molecule has 3 heteroatoms. The van der Waals surface area contributed by atoms with Crippen LogP contribution in [0.2, 0.25) is 0 Å². The number of aromatic nitrogens is 2. The SMILES string of the molecule is COc1cccc2ccc(-c3cccnc3)nc12. The third-order valence-electron chi connectivity index (χ3n) is 2.86. The second-order valence-electron chi connectivity index (χ2n) is 3.97. The zero-order chi connectivity index (χ0) is 12.4. The molecule has 0 bridgehead atoms. The first kappa shape index (κ1) is 10.7. The van der Waals surface area contributed by atoms with Gasteiger partial charge in [-0.15, -0.1) is 0 Å². The Kier molecular flexibility index (Phi) is 2.65. The van der Waals surface area contributed by atoms with Gasteiger partial charge < -0.3 is 4.74 Å². The number of benzene rings is 1. The van der Waals surface area contributed by atoms with E-state index < -0.39 is 0 Å². The highest BCUT2D eigenvalue weighted by atomic mass is 16.5. The number of hydrogen-bond acceptors (Lipinski definition) is 3. The Hall–Kier alpha value is -2.42. The number of rotatable bonds is 2. The molecule has 2 heterocycles. The van der Waals surface area contributed by atoms with Crippen LogP contribution in [0.1, 0.15) is 0 Å². The highest BCUT2D eigenvalue weighted by molar-refractivity contribution is 5.86. The van der Waals surface area contributed by atoms with Crippen LogP contribution in [0.5, 0.6) is 5.75 Å². The molecule has 0 saturated heterocycles. The van der Waals surface area contributed by atoms with Crippen LogP contribution in [0.15, 0.2) is 54.9 Å². The number of ether oxygens (including phenoxy) is 1. The Labute approximate surface area is 105 Å². The van der Waals surface area contributed by atoms with Crippen molar-refractivity contribution >= 4 is 10.9 Å². The van der Waals surface area contributed by atoms with Crippen molar-refractivity contribution in [3.63, 3.8) is 0 Å². The van der Waals surface area contributed by atoms with Crippen LogP contribution in [0.3, 0.4) is 0 Å². The van der Waals surface area contributed by atoms with E-state index in [9.17, 15) is 0 Å². The first-order chi connectivity index (χ1) is 8.88. The Bertz CT molecular complexity index is 680. The van der Waals surface area contributed by atoms with Crippen molar-refractivity contribution in [3.05, 3.63) is 54.9 Å². The van der Waals surface area contributed by atoms with Crippen molar-refractivity contribution in [1.82, 2.24) is 9.97 Å². The van der Waals surface area contributed by atoms with Crippen LogP contribution in [-0.2, 0) is 0 Å². The van der Waals surface area contributed by atoms with E-state index in [0.29, 0.717) is 0 Å². The molecule has 0 aliphatic rings.